The summed E-state index contributed by atoms with van der Waals surface area (Å²) in [6, 6.07) is 0. The normalized spacial score (nSPS) is 11.2. The Balaban J connectivity index is 2.28. The average molecular weight is 306 g/mol. The third-order valence-electron chi connectivity index (χ3n) is 3.84. The van der Waals surface area contributed by atoms with Crippen LogP contribution in [0.25, 0.3) is 11.2 Å². The highest BCUT2D eigenvalue weighted by Gasteiger charge is 2.16. The summed E-state index contributed by atoms with van der Waals surface area (Å²) in [5.74, 6) is -0.0863. The molecule has 0 bridgehead atoms. The van der Waals surface area contributed by atoms with Gasteiger partial charge in [0.05, 0.1) is 12.9 Å². The number of unbranched alkanes of at least 4 members (excludes halogenated alkanes) is 3. The van der Waals surface area contributed by atoms with Gasteiger partial charge in [0.15, 0.2) is 16.9 Å². The summed E-state index contributed by atoms with van der Waals surface area (Å²) in [5.41, 5.74) is -0.289. The summed E-state index contributed by atoms with van der Waals surface area (Å²) in [4.78, 5) is 40.8. The Bertz CT molecular complexity index is 797. The van der Waals surface area contributed by atoms with Crippen molar-refractivity contribution in [3.63, 3.8) is 0 Å². The van der Waals surface area contributed by atoms with Gasteiger partial charge in [0.2, 0.25) is 0 Å². The Hall–Kier alpha value is -2.18. The number of nitrogens with zero attached hydrogens (tertiary/aromatic N) is 4. The molecule has 7 heteroatoms. The Morgan fingerprint density at radius 1 is 1.18 bits per heavy atom. The number of hydrogen-bond acceptors (Lipinski definition) is 4. The zero-order chi connectivity index (χ0) is 16.3. The van der Waals surface area contributed by atoms with Gasteiger partial charge >= 0.3 is 5.69 Å². The lowest BCUT2D eigenvalue weighted by Gasteiger charge is -2.08. The first-order valence-corrected chi connectivity index (χ1v) is 7.60. The minimum absolute atomic E-state index is 0.0863. The highest BCUT2D eigenvalue weighted by atomic mass is 16.2. The second-order valence-electron chi connectivity index (χ2n) is 5.61. The lowest BCUT2D eigenvalue weighted by molar-refractivity contribution is -0.119. The number of ketones is 1. The summed E-state index contributed by atoms with van der Waals surface area (Å²) < 4.78 is 3.88. The molecule has 0 fully saturated rings. The lowest BCUT2D eigenvalue weighted by atomic mass is 10.1. The molecule has 7 nitrogen and oxygen atoms in total. The summed E-state index contributed by atoms with van der Waals surface area (Å²) in [7, 11) is 3.25. The van der Waals surface area contributed by atoms with E-state index in [-0.39, 0.29) is 12.3 Å². The van der Waals surface area contributed by atoms with Crippen LogP contribution >= 0.6 is 0 Å². The minimum atomic E-state index is -0.502. The molecule has 0 unspecified atom stereocenters. The fourth-order valence-electron chi connectivity index (χ4n) is 2.54. The predicted molar refractivity (Wildman–Crippen MR) is 84.0 cm³/mol. The highest BCUT2D eigenvalue weighted by molar-refractivity contribution is 5.78. The molecule has 0 amide bonds. The zero-order valence-corrected chi connectivity index (χ0v) is 13.3. The van der Waals surface area contributed by atoms with Crippen LogP contribution in [0.5, 0.6) is 0 Å². The smallest absolute Gasteiger partial charge is 0.328 e. The van der Waals surface area contributed by atoms with Crippen molar-refractivity contribution in [1.29, 1.82) is 0 Å². The quantitative estimate of drug-likeness (QED) is 0.714. The topological polar surface area (TPSA) is 78.9 Å². The van der Waals surface area contributed by atoms with Crippen molar-refractivity contribution in [3.05, 3.63) is 27.2 Å². The Kier molecular flexibility index (Phi) is 4.95. The predicted octanol–water partition coefficient (Wildman–Crippen LogP) is 0.973. The van der Waals surface area contributed by atoms with Gasteiger partial charge in [0.25, 0.3) is 5.56 Å². The SMILES string of the molecule is CCCCCCC(=O)Cn1c(=O)c2c(ncn2C)n(C)c1=O. The maximum Gasteiger partial charge on any atom is 0.332 e. The molecule has 0 aliphatic rings. The largest absolute Gasteiger partial charge is 0.332 e. The Labute approximate surface area is 128 Å². The van der Waals surface area contributed by atoms with Crippen LogP contribution in [-0.2, 0) is 25.4 Å². The number of rotatable bonds is 7. The van der Waals surface area contributed by atoms with Crippen LogP contribution < -0.4 is 11.2 Å². The first kappa shape index (κ1) is 16.2. The molecule has 120 valence electrons. The fraction of sp³-hybridized carbons (Fsp3) is 0.600. The number of carbonyl (C=O) groups is 1. The number of carbonyl (C=O) groups excluding carboxylic acids is 1. The number of aryl methyl sites for hydroxylation is 2. The fourth-order valence-corrected chi connectivity index (χ4v) is 2.54. The molecule has 0 spiro atoms. The first-order chi connectivity index (χ1) is 10.5. The van der Waals surface area contributed by atoms with Gasteiger partial charge in [-0.15, -0.1) is 0 Å². The molecule has 0 atom stereocenters. The van der Waals surface area contributed by atoms with E-state index in [0.29, 0.717) is 17.6 Å². The van der Waals surface area contributed by atoms with Crippen LogP contribution in [0.2, 0.25) is 0 Å². The maximum absolute atomic E-state index is 12.4. The number of Topliss-reactive ketones (excluding diaryl/α,β-unsaturated/α-hetero) is 1. The molecule has 0 aliphatic carbocycles. The van der Waals surface area contributed by atoms with Crippen molar-refractivity contribution < 1.29 is 4.79 Å². The second kappa shape index (κ2) is 6.72. The van der Waals surface area contributed by atoms with E-state index in [1.165, 1.54) is 10.9 Å². The van der Waals surface area contributed by atoms with Gasteiger partial charge in [-0.1, -0.05) is 26.2 Å². The molecule has 0 N–H and O–H groups in total. The van der Waals surface area contributed by atoms with Gasteiger partial charge < -0.3 is 4.57 Å². The van der Waals surface area contributed by atoms with E-state index in [2.05, 4.69) is 11.9 Å². The maximum atomic E-state index is 12.4. The van der Waals surface area contributed by atoms with Crippen molar-refractivity contribution in [2.75, 3.05) is 0 Å². The first-order valence-electron chi connectivity index (χ1n) is 7.60. The van der Waals surface area contributed by atoms with Crippen LogP contribution in [-0.4, -0.2) is 24.5 Å². The van der Waals surface area contributed by atoms with Gasteiger partial charge in [-0.3, -0.25) is 18.7 Å². The van der Waals surface area contributed by atoms with Crippen LogP contribution in [0.1, 0.15) is 39.0 Å². The van der Waals surface area contributed by atoms with Gasteiger partial charge in [0, 0.05) is 20.5 Å². The molecular weight excluding hydrogens is 284 g/mol. The van der Waals surface area contributed by atoms with Gasteiger partial charge in [-0.25, -0.2) is 9.78 Å². The second-order valence-corrected chi connectivity index (χ2v) is 5.61. The van der Waals surface area contributed by atoms with E-state index < -0.39 is 11.2 Å². The molecule has 2 aromatic heterocycles. The Morgan fingerprint density at radius 2 is 1.91 bits per heavy atom. The minimum Gasteiger partial charge on any atom is -0.328 e. The van der Waals surface area contributed by atoms with E-state index in [1.807, 2.05) is 0 Å². The summed E-state index contributed by atoms with van der Waals surface area (Å²) in [5, 5.41) is 0. The monoisotopic (exact) mass is 306 g/mol. The summed E-state index contributed by atoms with van der Waals surface area (Å²) in [6.45, 7) is 1.94. The molecule has 2 aromatic rings. The standard InChI is InChI=1S/C15H22N4O3/c1-4-5-6-7-8-11(20)9-19-14(21)12-13(16-10-17(12)2)18(3)15(19)22/h10H,4-9H2,1-3H3. The molecule has 0 saturated heterocycles. The van der Waals surface area contributed by atoms with Crippen LogP contribution in [0, 0.1) is 0 Å². The van der Waals surface area contributed by atoms with Crippen LogP contribution in [0.3, 0.4) is 0 Å². The van der Waals surface area contributed by atoms with Crippen molar-refractivity contribution >= 4 is 16.9 Å². The molecular formula is C15H22N4O3. The van der Waals surface area contributed by atoms with Gasteiger partial charge in [0.1, 0.15) is 0 Å². The zero-order valence-electron chi connectivity index (χ0n) is 13.3. The van der Waals surface area contributed by atoms with Gasteiger partial charge in [-0.05, 0) is 6.42 Å². The van der Waals surface area contributed by atoms with E-state index in [9.17, 15) is 14.4 Å². The summed E-state index contributed by atoms with van der Waals surface area (Å²) >= 11 is 0. The van der Waals surface area contributed by atoms with E-state index in [0.717, 1.165) is 30.3 Å². The number of imidazole rings is 1. The molecule has 0 aromatic carbocycles. The molecule has 0 aliphatic heterocycles. The molecule has 0 saturated carbocycles. The number of fused-ring (bicyclic) bond motifs is 1. The van der Waals surface area contributed by atoms with Crippen LogP contribution in [0.15, 0.2) is 15.9 Å². The number of hydrogen-bond donors (Lipinski definition) is 0. The van der Waals surface area contributed by atoms with E-state index in [4.69, 9.17) is 0 Å². The third kappa shape index (κ3) is 3.03. The van der Waals surface area contributed by atoms with Crippen LogP contribution in [0.4, 0.5) is 0 Å². The molecule has 2 heterocycles. The lowest BCUT2D eigenvalue weighted by Crippen LogP contribution is -2.41. The Morgan fingerprint density at radius 3 is 2.59 bits per heavy atom. The molecule has 22 heavy (non-hydrogen) atoms. The van der Waals surface area contributed by atoms with Crippen molar-refractivity contribution in [1.82, 2.24) is 18.7 Å². The average Bonchev–Trinajstić information content (AvgIpc) is 2.88. The summed E-state index contributed by atoms with van der Waals surface area (Å²) in [6.07, 6.45) is 5.88. The highest BCUT2D eigenvalue weighted by Crippen LogP contribution is 2.05. The van der Waals surface area contributed by atoms with Crippen molar-refractivity contribution in [2.45, 2.75) is 45.6 Å². The number of aromatic nitrogens is 4. The molecule has 0 radical (unpaired) electrons. The van der Waals surface area contributed by atoms with E-state index in [1.54, 1.807) is 18.7 Å². The van der Waals surface area contributed by atoms with Gasteiger partial charge in [-0.2, -0.15) is 0 Å². The molecule has 2 rings (SSSR count). The van der Waals surface area contributed by atoms with Crippen molar-refractivity contribution in [2.24, 2.45) is 14.1 Å². The van der Waals surface area contributed by atoms with Crippen molar-refractivity contribution in [3.8, 4) is 0 Å². The third-order valence-corrected chi connectivity index (χ3v) is 3.84. The van der Waals surface area contributed by atoms with E-state index >= 15 is 0 Å².